The van der Waals surface area contributed by atoms with Crippen LogP contribution in [0.25, 0.3) is 5.69 Å². The van der Waals surface area contributed by atoms with Crippen LogP contribution in [-0.2, 0) is 0 Å². The van der Waals surface area contributed by atoms with Gasteiger partial charge in [-0.15, -0.1) is 5.10 Å². The maximum absolute atomic E-state index is 10.6. The number of rotatable bonds is 4. The first kappa shape index (κ1) is 14.0. The van der Waals surface area contributed by atoms with E-state index in [1.54, 1.807) is 35.3 Å². The van der Waals surface area contributed by atoms with E-state index >= 15 is 0 Å². The molecule has 0 amide bonds. The fraction of sp³-hybridized carbons (Fsp3) is 0. The van der Waals surface area contributed by atoms with Crippen molar-refractivity contribution in [3.05, 3.63) is 64.1 Å². The van der Waals surface area contributed by atoms with Crippen molar-refractivity contribution in [2.24, 2.45) is 0 Å². The first-order valence-corrected chi connectivity index (χ1v) is 6.46. The van der Waals surface area contributed by atoms with Gasteiger partial charge >= 0.3 is 0 Å². The second-order valence-electron chi connectivity index (χ2n) is 4.18. The number of ether oxygens (including phenoxy) is 1. The summed E-state index contributed by atoms with van der Waals surface area (Å²) < 4.78 is 7.12. The monoisotopic (exact) mass is 317 g/mol. The fourth-order valence-electron chi connectivity index (χ4n) is 1.74. The van der Waals surface area contributed by atoms with Crippen molar-refractivity contribution >= 4 is 17.3 Å². The molecular weight excluding hydrogens is 310 g/mol. The summed E-state index contributed by atoms with van der Waals surface area (Å²) in [5, 5.41) is 18.3. The van der Waals surface area contributed by atoms with E-state index in [2.05, 4.69) is 15.3 Å². The van der Waals surface area contributed by atoms with Crippen molar-refractivity contribution in [3.8, 4) is 17.3 Å². The molecule has 0 radical (unpaired) electrons. The number of nitro groups is 1. The molecule has 3 rings (SSSR count). The molecule has 1 aromatic carbocycles. The molecule has 0 fully saturated rings. The Morgan fingerprint density at radius 3 is 2.86 bits per heavy atom. The Morgan fingerprint density at radius 1 is 1.32 bits per heavy atom. The SMILES string of the molecule is O=[N+]([O-])c1cnc(Oc2cccc(-n3ccnn3)c2)c(Cl)c1. The predicted molar refractivity (Wildman–Crippen MR) is 77.3 cm³/mol. The Morgan fingerprint density at radius 2 is 2.18 bits per heavy atom. The summed E-state index contributed by atoms with van der Waals surface area (Å²) in [7, 11) is 0. The number of aromatic nitrogens is 4. The van der Waals surface area contributed by atoms with E-state index in [9.17, 15) is 10.1 Å². The Balaban J connectivity index is 1.87. The molecule has 2 heterocycles. The average Bonchev–Trinajstić information content (AvgIpc) is 3.04. The van der Waals surface area contributed by atoms with Crippen LogP contribution in [0.15, 0.2) is 48.9 Å². The van der Waals surface area contributed by atoms with Crippen LogP contribution in [-0.4, -0.2) is 24.9 Å². The molecule has 0 atom stereocenters. The lowest BCUT2D eigenvalue weighted by atomic mass is 10.3. The van der Waals surface area contributed by atoms with Gasteiger partial charge in [-0.1, -0.05) is 22.9 Å². The number of hydrogen-bond donors (Lipinski definition) is 0. The van der Waals surface area contributed by atoms with Crippen LogP contribution in [0.5, 0.6) is 11.6 Å². The third-order valence-electron chi connectivity index (χ3n) is 2.72. The molecular formula is C13H8ClN5O3. The Labute approximate surface area is 129 Å². The number of pyridine rings is 1. The summed E-state index contributed by atoms with van der Waals surface area (Å²) in [6.07, 6.45) is 4.33. The smallest absolute Gasteiger partial charge is 0.289 e. The maximum Gasteiger partial charge on any atom is 0.289 e. The van der Waals surface area contributed by atoms with E-state index < -0.39 is 4.92 Å². The molecule has 2 aromatic heterocycles. The van der Waals surface area contributed by atoms with E-state index in [1.807, 2.05) is 6.07 Å². The van der Waals surface area contributed by atoms with Crippen LogP contribution in [0.4, 0.5) is 5.69 Å². The molecule has 0 saturated carbocycles. The molecule has 3 aromatic rings. The van der Waals surface area contributed by atoms with Gasteiger partial charge in [0.2, 0.25) is 5.88 Å². The minimum absolute atomic E-state index is 0.0559. The number of halogens is 1. The van der Waals surface area contributed by atoms with Gasteiger partial charge in [-0.2, -0.15) is 0 Å². The minimum atomic E-state index is -0.575. The molecule has 8 nitrogen and oxygen atoms in total. The molecule has 0 aliphatic rings. The van der Waals surface area contributed by atoms with Crippen LogP contribution in [0.3, 0.4) is 0 Å². The lowest BCUT2D eigenvalue weighted by Crippen LogP contribution is -1.96. The zero-order valence-corrected chi connectivity index (χ0v) is 11.7. The van der Waals surface area contributed by atoms with E-state index in [-0.39, 0.29) is 16.6 Å². The molecule has 0 spiro atoms. The highest BCUT2D eigenvalue weighted by Crippen LogP contribution is 2.30. The van der Waals surface area contributed by atoms with Crippen LogP contribution in [0.2, 0.25) is 5.02 Å². The summed E-state index contributed by atoms with van der Waals surface area (Å²) in [6.45, 7) is 0. The van der Waals surface area contributed by atoms with Crippen molar-refractivity contribution in [2.45, 2.75) is 0 Å². The van der Waals surface area contributed by atoms with Crippen LogP contribution in [0, 0.1) is 10.1 Å². The second-order valence-corrected chi connectivity index (χ2v) is 4.59. The quantitative estimate of drug-likeness (QED) is 0.542. The van der Waals surface area contributed by atoms with Gasteiger partial charge in [-0.3, -0.25) is 10.1 Å². The third kappa shape index (κ3) is 2.86. The molecule has 0 bridgehead atoms. The van der Waals surface area contributed by atoms with Crippen LogP contribution >= 0.6 is 11.6 Å². The zero-order valence-electron chi connectivity index (χ0n) is 11.0. The highest BCUT2D eigenvalue weighted by Gasteiger charge is 2.12. The van der Waals surface area contributed by atoms with Crippen LogP contribution < -0.4 is 4.74 Å². The average molecular weight is 318 g/mol. The highest BCUT2D eigenvalue weighted by molar-refractivity contribution is 6.32. The third-order valence-corrected chi connectivity index (χ3v) is 2.99. The Hall–Kier alpha value is -3.00. The van der Waals surface area contributed by atoms with Gasteiger partial charge in [-0.05, 0) is 12.1 Å². The highest BCUT2D eigenvalue weighted by atomic mass is 35.5. The predicted octanol–water partition coefficient (Wildman–Crippen LogP) is 3.02. The van der Waals surface area contributed by atoms with Gasteiger partial charge < -0.3 is 4.74 Å². The standard InChI is InChI=1S/C13H8ClN5O3/c14-12-7-10(19(20)21)8-15-13(12)22-11-3-1-2-9(6-11)18-5-4-16-17-18/h1-8H. The summed E-state index contributed by atoms with van der Waals surface area (Å²) in [4.78, 5) is 13.9. The fourth-order valence-corrected chi connectivity index (χ4v) is 1.94. The molecule has 9 heteroatoms. The van der Waals surface area contributed by atoms with Gasteiger partial charge in [0.05, 0.1) is 23.0 Å². The summed E-state index contributed by atoms with van der Waals surface area (Å²) in [5.74, 6) is 0.555. The lowest BCUT2D eigenvalue weighted by Gasteiger charge is -2.07. The van der Waals surface area contributed by atoms with Crippen molar-refractivity contribution < 1.29 is 9.66 Å². The molecule has 0 N–H and O–H groups in total. The van der Waals surface area contributed by atoms with E-state index in [0.29, 0.717) is 5.75 Å². The number of hydrogen-bond acceptors (Lipinski definition) is 6. The summed E-state index contributed by atoms with van der Waals surface area (Å²) in [6, 6.07) is 8.21. The topological polar surface area (TPSA) is 96.0 Å². The van der Waals surface area contributed by atoms with Crippen molar-refractivity contribution in [3.63, 3.8) is 0 Å². The van der Waals surface area contributed by atoms with Gasteiger partial charge in [0, 0.05) is 12.1 Å². The van der Waals surface area contributed by atoms with Crippen molar-refractivity contribution in [1.29, 1.82) is 0 Å². The molecule has 22 heavy (non-hydrogen) atoms. The Bertz CT molecular complexity index is 822. The lowest BCUT2D eigenvalue weighted by molar-refractivity contribution is -0.385. The van der Waals surface area contributed by atoms with Gasteiger partial charge in [0.15, 0.2) is 0 Å². The zero-order chi connectivity index (χ0) is 15.5. The van der Waals surface area contributed by atoms with Gasteiger partial charge in [0.25, 0.3) is 5.69 Å². The number of benzene rings is 1. The maximum atomic E-state index is 10.6. The van der Waals surface area contributed by atoms with Gasteiger partial charge in [-0.25, -0.2) is 9.67 Å². The normalized spacial score (nSPS) is 10.4. The van der Waals surface area contributed by atoms with E-state index in [4.69, 9.17) is 16.3 Å². The summed E-state index contributed by atoms with van der Waals surface area (Å²) in [5.41, 5.74) is 0.543. The van der Waals surface area contributed by atoms with Crippen LogP contribution in [0.1, 0.15) is 0 Å². The first-order chi connectivity index (χ1) is 10.6. The number of nitrogens with zero attached hydrogens (tertiary/aromatic N) is 5. The molecule has 0 aliphatic heterocycles. The molecule has 0 saturated heterocycles. The van der Waals surface area contributed by atoms with E-state index in [0.717, 1.165) is 11.9 Å². The second kappa shape index (κ2) is 5.78. The van der Waals surface area contributed by atoms with Crippen molar-refractivity contribution in [2.75, 3.05) is 0 Å². The largest absolute Gasteiger partial charge is 0.437 e. The first-order valence-electron chi connectivity index (χ1n) is 6.08. The molecule has 110 valence electrons. The molecule has 0 aliphatic carbocycles. The van der Waals surface area contributed by atoms with Gasteiger partial charge in [0.1, 0.15) is 17.0 Å². The van der Waals surface area contributed by atoms with E-state index in [1.165, 1.54) is 6.07 Å². The summed E-state index contributed by atoms with van der Waals surface area (Å²) >= 11 is 5.94. The molecule has 0 unspecified atom stereocenters. The minimum Gasteiger partial charge on any atom is -0.437 e. The Kier molecular flexibility index (Phi) is 3.67. The van der Waals surface area contributed by atoms with Crippen molar-refractivity contribution in [1.82, 2.24) is 20.0 Å².